The van der Waals surface area contributed by atoms with Crippen molar-refractivity contribution in [3.05, 3.63) is 42.5 Å². The molecule has 2 rings (SSSR count). The van der Waals surface area contributed by atoms with Crippen LogP contribution in [0.3, 0.4) is 0 Å². The minimum Gasteiger partial charge on any atom is -0.465 e. The third-order valence-corrected chi connectivity index (χ3v) is 2.43. The third kappa shape index (κ3) is 2.22. The highest BCUT2D eigenvalue weighted by Gasteiger charge is 2.12. The van der Waals surface area contributed by atoms with E-state index in [1.165, 1.54) is 7.11 Å². The first-order valence-electron chi connectivity index (χ1n) is 5.17. The number of aromatic nitrogens is 2. The van der Waals surface area contributed by atoms with Gasteiger partial charge in [0.2, 0.25) is 6.41 Å². The van der Waals surface area contributed by atoms with Gasteiger partial charge in [0, 0.05) is 18.1 Å². The lowest BCUT2D eigenvalue weighted by Crippen LogP contribution is -2.08. The molecule has 18 heavy (non-hydrogen) atoms. The molecule has 6 heteroatoms. The number of nitrogens with zero attached hydrogens (tertiary/aromatic N) is 2. The predicted octanol–water partition coefficient (Wildman–Crippen LogP) is 1.23. The van der Waals surface area contributed by atoms with Gasteiger partial charge >= 0.3 is 5.97 Å². The van der Waals surface area contributed by atoms with Gasteiger partial charge in [0.15, 0.2) is 0 Å². The number of benzene rings is 1. The molecule has 6 nitrogen and oxygen atoms in total. The number of nitrogens with one attached hydrogen (secondary N) is 1. The average molecular weight is 245 g/mol. The number of hydrogen-bond acceptors (Lipinski definition) is 4. The average Bonchev–Trinajstić information content (AvgIpc) is 2.92. The number of anilines is 1. The van der Waals surface area contributed by atoms with E-state index in [0.717, 1.165) is 5.69 Å². The molecule has 1 aromatic heterocycles. The summed E-state index contributed by atoms with van der Waals surface area (Å²) in [6.07, 6.45) is 5.54. The van der Waals surface area contributed by atoms with Gasteiger partial charge < -0.3 is 14.6 Å². The van der Waals surface area contributed by atoms with Gasteiger partial charge in [-0.15, -0.1) is 0 Å². The molecular weight excluding hydrogens is 234 g/mol. The molecule has 92 valence electrons. The normalized spacial score (nSPS) is 9.83. The summed E-state index contributed by atoms with van der Waals surface area (Å²) >= 11 is 0. The molecule has 2 aromatic rings. The van der Waals surface area contributed by atoms with Crippen molar-refractivity contribution in [1.29, 1.82) is 0 Å². The molecule has 0 saturated carbocycles. The Hall–Kier alpha value is -2.63. The molecule has 1 heterocycles. The Bertz CT molecular complexity index is 564. The van der Waals surface area contributed by atoms with Crippen molar-refractivity contribution in [3.63, 3.8) is 0 Å². The van der Waals surface area contributed by atoms with E-state index in [1.807, 2.05) is 0 Å². The van der Waals surface area contributed by atoms with Crippen molar-refractivity contribution in [2.24, 2.45) is 0 Å². The van der Waals surface area contributed by atoms with Crippen molar-refractivity contribution < 1.29 is 14.3 Å². The molecule has 0 aliphatic rings. The SMILES string of the molecule is COC(=O)c1ccc(-n2ccnc2)cc1NC=O. The lowest BCUT2D eigenvalue weighted by atomic mass is 10.1. The number of carbonyl (C=O) groups is 2. The molecule has 0 spiro atoms. The molecule has 0 atom stereocenters. The fourth-order valence-corrected chi connectivity index (χ4v) is 1.58. The summed E-state index contributed by atoms with van der Waals surface area (Å²) in [6, 6.07) is 5.00. The quantitative estimate of drug-likeness (QED) is 0.649. The highest BCUT2D eigenvalue weighted by atomic mass is 16.5. The number of esters is 1. The van der Waals surface area contributed by atoms with Gasteiger partial charge in [-0.05, 0) is 18.2 Å². The number of hydrogen-bond donors (Lipinski definition) is 1. The Morgan fingerprint density at radius 2 is 2.33 bits per heavy atom. The Labute approximate surface area is 103 Å². The van der Waals surface area contributed by atoms with Crippen molar-refractivity contribution in [2.75, 3.05) is 12.4 Å². The standard InChI is InChI=1S/C12H11N3O3/c1-18-12(17)10-3-2-9(6-11(10)14-8-16)15-5-4-13-7-15/h2-8H,1H3,(H,14,16). The number of carbonyl (C=O) groups excluding carboxylic acids is 2. The topological polar surface area (TPSA) is 73.2 Å². The van der Waals surface area contributed by atoms with Crippen LogP contribution < -0.4 is 5.32 Å². The smallest absolute Gasteiger partial charge is 0.339 e. The fourth-order valence-electron chi connectivity index (χ4n) is 1.58. The molecule has 1 aromatic carbocycles. The Morgan fingerprint density at radius 1 is 1.50 bits per heavy atom. The van der Waals surface area contributed by atoms with Crippen molar-refractivity contribution in [2.45, 2.75) is 0 Å². The van der Waals surface area contributed by atoms with E-state index in [4.69, 9.17) is 0 Å². The van der Waals surface area contributed by atoms with Crippen LogP contribution in [0, 0.1) is 0 Å². The monoisotopic (exact) mass is 245 g/mol. The van der Waals surface area contributed by atoms with Crippen molar-refractivity contribution in [1.82, 2.24) is 9.55 Å². The molecule has 0 aliphatic carbocycles. The van der Waals surface area contributed by atoms with Crippen LogP contribution in [0.25, 0.3) is 5.69 Å². The first kappa shape index (κ1) is 11.8. The molecule has 0 bridgehead atoms. The van der Waals surface area contributed by atoms with E-state index in [9.17, 15) is 9.59 Å². The highest BCUT2D eigenvalue weighted by Crippen LogP contribution is 2.20. The predicted molar refractivity (Wildman–Crippen MR) is 64.6 cm³/mol. The van der Waals surface area contributed by atoms with Gasteiger partial charge in [-0.1, -0.05) is 0 Å². The fraction of sp³-hybridized carbons (Fsp3) is 0.0833. The van der Waals surface area contributed by atoms with Gasteiger partial charge in [0.25, 0.3) is 0 Å². The van der Waals surface area contributed by atoms with Crippen LogP contribution in [-0.2, 0) is 9.53 Å². The molecule has 0 saturated heterocycles. The third-order valence-electron chi connectivity index (χ3n) is 2.43. The summed E-state index contributed by atoms with van der Waals surface area (Å²) in [5, 5.41) is 2.48. The second-order valence-corrected chi connectivity index (χ2v) is 3.45. The summed E-state index contributed by atoms with van der Waals surface area (Å²) in [6.45, 7) is 0. The summed E-state index contributed by atoms with van der Waals surface area (Å²) < 4.78 is 6.40. The van der Waals surface area contributed by atoms with Crippen molar-refractivity contribution >= 4 is 18.1 Å². The first-order valence-corrected chi connectivity index (χ1v) is 5.17. The number of imidazole rings is 1. The zero-order valence-electron chi connectivity index (χ0n) is 9.66. The van der Waals surface area contributed by atoms with Crippen LogP contribution >= 0.6 is 0 Å². The molecule has 0 fully saturated rings. The molecule has 1 amide bonds. The zero-order valence-corrected chi connectivity index (χ0v) is 9.66. The molecular formula is C12H11N3O3. The van der Waals surface area contributed by atoms with E-state index in [1.54, 1.807) is 41.5 Å². The number of amides is 1. The van der Waals surface area contributed by atoms with E-state index >= 15 is 0 Å². The van der Waals surface area contributed by atoms with Gasteiger partial charge in [-0.2, -0.15) is 0 Å². The molecule has 0 aliphatic heterocycles. The zero-order chi connectivity index (χ0) is 13.0. The Balaban J connectivity index is 2.46. The molecule has 1 N–H and O–H groups in total. The Kier molecular flexibility index (Phi) is 3.38. The maximum atomic E-state index is 11.5. The van der Waals surface area contributed by atoms with Crippen LogP contribution in [0.2, 0.25) is 0 Å². The summed E-state index contributed by atoms with van der Waals surface area (Å²) in [5.41, 5.74) is 1.47. The minimum atomic E-state index is -0.503. The lowest BCUT2D eigenvalue weighted by molar-refractivity contribution is -0.105. The van der Waals surface area contributed by atoms with Crippen molar-refractivity contribution in [3.8, 4) is 5.69 Å². The second-order valence-electron chi connectivity index (χ2n) is 3.45. The van der Waals surface area contributed by atoms with Crippen LogP contribution in [0.15, 0.2) is 36.9 Å². The van der Waals surface area contributed by atoms with E-state index in [0.29, 0.717) is 17.7 Å². The highest BCUT2D eigenvalue weighted by molar-refractivity contribution is 5.98. The maximum absolute atomic E-state index is 11.5. The first-order chi connectivity index (χ1) is 8.76. The van der Waals surface area contributed by atoms with E-state index in [2.05, 4.69) is 15.0 Å². The van der Waals surface area contributed by atoms with Gasteiger partial charge in [0.1, 0.15) is 0 Å². The maximum Gasteiger partial charge on any atom is 0.339 e. The molecule has 0 radical (unpaired) electrons. The van der Waals surface area contributed by atoms with Gasteiger partial charge in [-0.25, -0.2) is 9.78 Å². The summed E-state index contributed by atoms with van der Waals surface area (Å²) in [7, 11) is 1.29. The van der Waals surface area contributed by atoms with Crippen LogP contribution in [0.1, 0.15) is 10.4 Å². The van der Waals surface area contributed by atoms with Gasteiger partial charge in [-0.3, -0.25) is 4.79 Å². The van der Waals surface area contributed by atoms with E-state index < -0.39 is 5.97 Å². The van der Waals surface area contributed by atoms with Crippen LogP contribution in [0.5, 0.6) is 0 Å². The largest absolute Gasteiger partial charge is 0.465 e. The summed E-state index contributed by atoms with van der Waals surface area (Å²) in [5.74, 6) is -0.503. The molecule has 0 unspecified atom stereocenters. The van der Waals surface area contributed by atoms with Crippen LogP contribution in [0.4, 0.5) is 5.69 Å². The van der Waals surface area contributed by atoms with E-state index in [-0.39, 0.29) is 0 Å². The minimum absolute atomic E-state index is 0.300. The number of methoxy groups -OCH3 is 1. The number of ether oxygens (including phenoxy) is 1. The lowest BCUT2D eigenvalue weighted by Gasteiger charge is -2.09. The number of rotatable bonds is 4. The Morgan fingerprint density at radius 3 is 2.94 bits per heavy atom. The second kappa shape index (κ2) is 5.13. The summed E-state index contributed by atoms with van der Waals surface area (Å²) in [4.78, 5) is 26.0. The van der Waals surface area contributed by atoms with Gasteiger partial charge in [0.05, 0.1) is 24.7 Å². The van der Waals surface area contributed by atoms with Crippen LogP contribution in [-0.4, -0.2) is 29.0 Å².